The van der Waals surface area contributed by atoms with Crippen molar-refractivity contribution < 1.29 is 19.1 Å². The highest BCUT2D eigenvalue weighted by Gasteiger charge is 2.17. The van der Waals surface area contributed by atoms with Crippen molar-refractivity contribution in [2.24, 2.45) is 0 Å². The molecule has 0 amide bonds. The van der Waals surface area contributed by atoms with Gasteiger partial charge in [0, 0.05) is 34.8 Å². The van der Waals surface area contributed by atoms with Gasteiger partial charge in [-0.15, -0.1) is 0 Å². The van der Waals surface area contributed by atoms with Crippen LogP contribution in [-0.2, 0) is 32.3 Å². The van der Waals surface area contributed by atoms with Crippen LogP contribution < -0.4 is 0 Å². The van der Waals surface area contributed by atoms with Crippen LogP contribution in [0.25, 0.3) is 0 Å². The summed E-state index contributed by atoms with van der Waals surface area (Å²) in [4.78, 5) is 24.0. The summed E-state index contributed by atoms with van der Waals surface area (Å²) in [5.74, 6) is 2.25. The number of hydrogen-bond donors (Lipinski definition) is 0. The van der Waals surface area contributed by atoms with Gasteiger partial charge in [-0.05, 0) is 55.7 Å². The minimum absolute atomic E-state index is 0.134. The molecule has 0 aromatic heterocycles. The van der Waals surface area contributed by atoms with Crippen LogP contribution in [0.5, 0.6) is 0 Å². The Kier molecular flexibility index (Phi) is 12.6. The Balaban J connectivity index is 1.24. The van der Waals surface area contributed by atoms with Crippen molar-refractivity contribution in [1.29, 1.82) is 0 Å². The minimum Gasteiger partial charge on any atom is -0.461 e. The lowest BCUT2D eigenvalue weighted by molar-refractivity contribution is -0.145. The van der Waals surface area contributed by atoms with E-state index < -0.39 is 0 Å². The van der Waals surface area contributed by atoms with Crippen molar-refractivity contribution in [2.75, 3.05) is 11.5 Å². The van der Waals surface area contributed by atoms with Crippen molar-refractivity contribution in [3.8, 4) is 0 Å². The van der Waals surface area contributed by atoms with E-state index in [1.54, 1.807) is 0 Å². The van der Waals surface area contributed by atoms with Crippen LogP contribution in [0.4, 0.5) is 0 Å². The highest BCUT2D eigenvalue weighted by atomic mass is 33.1. The number of benzene rings is 1. The van der Waals surface area contributed by atoms with E-state index >= 15 is 0 Å². The van der Waals surface area contributed by atoms with Gasteiger partial charge < -0.3 is 9.47 Å². The number of hydrogen-bond acceptors (Lipinski definition) is 8. The lowest BCUT2D eigenvalue weighted by Gasteiger charge is -2.09. The molecule has 1 aromatic carbocycles. The summed E-state index contributed by atoms with van der Waals surface area (Å²) in [6.45, 7) is 0.542. The summed E-state index contributed by atoms with van der Waals surface area (Å²) in [6, 6.07) is 7.74. The summed E-state index contributed by atoms with van der Waals surface area (Å²) in [7, 11) is 7.91. The summed E-state index contributed by atoms with van der Waals surface area (Å²) in [5.41, 5.74) is 1.86. The molecule has 0 aliphatic carbocycles. The Morgan fingerprint density at radius 2 is 1.28 bits per heavy atom. The Morgan fingerprint density at radius 3 is 1.72 bits per heavy atom. The molecule has 2 atom stereocenters. The lowest BCUT2D eigenvalue weighted by atomic mass is 10.1. The average Bonchev–Trinajstić information content (AvgIpc) is 3.51. The van der Waals surface area contributed by atoms with Crippen LogP contribution in [0.3, 0.4) is 0 Å². The van der Waals surface area contributed by atoms with Crippen molar-refractivity contribution in [3.05, 3.63) is 35.4 Å². The minimum atomic E-state index is -0.134. The third-order valence-electron chi connectivity index (χ3n) is 5.56. The number of ether oxygens (including phenoxy) is 2. The Bertz CT molecular complexity index is 648. The van der Waals surface area contributed by atoms with Crippen LogP contribution in [0.1, 0.15) is 75.3 Å². The van der Waals surface area contributed by atoms with E-state index in [4.69, 9.17) is 9.47 Å². The molecule has 2 aliphatic rings. The molecule has 0 spiro atoms. The number of unbranched alkanes of at least 4 members (excludes halogenated alkanes) is 2. The molecule has 2 saturated heterocycles. The van der Waals surface area contributed by atoms with E-state index in [9.17, 15) is 9.59 Å². The van der Waals surface area contributed by atoms with Crippen molar-refractivity contribution in [1.82, 2.24) is 0 Å². The molecule has 178 valence electrons. The van der Waals surface area contributed by atoms with Gasteiger partial charge in [0.15, 0.2) is 0 Å². The molecule has 2 unspecified atom stereocenters. The zero-order chi connectivity index (χ0) is 22.4. The molecule has 1 aromatic rings. The number of carbonyl (C=O) groups is 2. The molecule has 32 heavy (non-hydrogen) atoms. The smallest absolute Gasteiger partial charge is 0.306 e. The largest absolute Gasteiger partial charge is 0.461 e. The molecule has 4 nitrogen and oxygen atoms in total. The summed E-state index contributed by atoms with van der Waals surface area (Å²) < 4.78 is 10.9. The predicted octanol–water partition coefficient (Wildman–Crippen LogP) is 7.20. The molecule has 0 N–H and O–H groups in total. The SMILES string of the molecule is O=C(CCCCC1CCSS1)OCc1cccc(COC(=O)CCCCC2CCSS2)c1. The van der Waals surface area contributed by atoms with Crippen molar-refractivity contribution in [2.45, 2.75) is 87.9 Å². The van der Waals surface area contributed by atoms with Gasteiger partial charge in [0.1, 0.15) is 13.2 Å². The molecule has 0 bridgehead atoms. The van der Waals surface area contributed by atoms with Crippen LogP contribution >= 0.6 is 43.2 Å². The highest BCUT2D eigenvalue weighted by molar-refractivity contribution is 8.77. The summed E-state index contributed by atoms with van der Waals surface area (Å²) >= 11 is 0. The van der Waals surface area contributed by atoms with E-state index in [2.05, 4.69) is 0 Å². The topological polar surface area (TPSA) is 52.6 Å². The number of carbonyl (C=O) groups excluding carboxylic acids is 2. The fourth-order valence-corrected chi connectivity index (χ4v) is 9.75. The van der Waals surface area contributed by atoms with Gasteiger partial charge in [-0.25, -0.2) is 0 Å². The van der Waals surface area contributed by atoms with Crippen LogP contribution in [0.2, 0.25) is 0 Å². The molecule has 8 heteroatoms. The fourth-order valence-electron chi connectivity index (χ4n) is 3.69. The fraction of sp³-hybridized carbons (Fsp3) is 0.667. The highest BCUT2D eigenvalue weighted by Crippen LogP contribution is 2.40. The molecule has 2 fully saturated rings. The first-order valence-corrected chi connectivity index (χ1v) is 16.4. The standard InChI is InChI=1S/C24H34O4S4/c25-23(10-3-1-8-21-12-14-29-31-21)27-17-19-6-5-7-20(16-19)18-28-24(26)11-4-2-9-22-13-15-30-32-22/h5-7,16,21-22H,1-4,8-15,17-18H2. The van der Waals surface area contributed by atoms with E-state index in [1.807, 2.05) is 67.4 Å². The molecule has 3 rings (SSSR count). The maximum Gasteiger partial charge on any atom is 0.306 e. The Labute approximate surface area is 208 Å². The van der Waals surface area contributed by atoms with Gasteiger partial charge in [-0.3, -0.25) is 9.59 Å². The second-order valence-electron chi connectivity index (χ2n) is 8.29. The van der Waals surface area contributed by atoms with Gasteiger partial charge in [0.05, 0.1) is 0 Å². The molecular weight excluding hydrogens is 481 g/mol. The first kappa shape index (κ1) is 26.2. The van der Waals surface area contributed by atoms with Crippen LogP contribution in [-0.4, -0.2) is 33.9 Å². The lowest BCUT2D eigenvalue weighted by Crippen LogP contribution is -2.07. The second kappa shape index (κ2) is 15.5. The van der Waals surface area contributed by atoms with E-state index in [1.165, 1.54) is 37.2 Å². The second-order valence-corrected chi connectivity index (χ2v) is 13.9. The van der Waals surface area contributed by atoms with E-state index in [0.717, 1.165) is 47.3 Å². The molecule has 2 heterocycles. The van der Waals surface area contributed by atoms with E-state index in [0.29, 0.717) is 12.8 Å². The Morgan fingerprint density at radius 1 is 0.781 bits per heavy atom. The zero-order valence-corrected chi connectivity index (χ0v) is 21.9. The Hall–Kier alpha value is -0.440. The van der Waals surface area contributed by atoms with Gasteiger partial charge >= 0.3 is 11.9 Å². The van der Waals surface area contributed by atoms with Crippen LogP contribution in [0.15, 0.2) is 24.3 Å². The van der Waals surface area contributed by atoms with Crippen molar-refractivity contribution in [3.63, 3.8) is 0 Å². The number of rotatable bonds is 14. The first-order chi connectivity index (χ1) is 15.7. The molecule has 2 aliphatic heterocycles. The van der Waals surface area contributed by atoms with Gasteiger partial charge in [-0.1, -0.05) is 74.2 Å². The number of esters is 2. The normalized spacial score (nSPS) is 20.4. The van der Waals surface area contributed by atoms with Crippen LogP contribution in [0, 0.1) is 0 Å². The maximum atomic E-state index is 12.0. The molecule has 0 saturated carbocycles. The third-order valence-corrected chi connectivity index (χ3v) is 11.6. The molecule has 0 radical (unpaired) electrons. The average molecular weight is 515 g/mol. The first-order valence-electron chi connectivity index (χ1n) is 11.6. The quantitative estimate of drug-likeness (QED) is 0.147. The predicted molar refractivity (Wildman–Crippen MR) is 140 cm³/mol. The summed E-state index contributed by atoms with van der Waals surface area (Å²) in [5, 5.41) is 1.53. The monoisotopic (exact) mass is 514 g/mol. The summed E-state index contributed by atoms with van der Waals surface area (Å²) in [6.07, 6.45) is 9.94. The molecular formula is C24H34O4S4. The maximum absolute atomic E-state index is 12.0. The van der Waals surface area contributed by atoms with Gasteiger partial charge in [-0.2, -0.15) is 0 Å². The zero-order valence-electron chi connectivity index (χ0n) is 18.6. The third kappa shape index (κ3) is 10.7. The van der Waals surface area contributed by atoms with Gasteiger partial charge in [0.25, 0.3) is 0 Å². The van der Waals surface area contributed by atoms with Crippen molar-refractivity contribution >= 4 is 55.1 Å². The van der Waals surface area contributed by atoms with Gasteiger partial charge in [0.2, 0.25) is 0 Å². The van der Waals surface area contributed by atoms with E-state index in [-0.39, 0.29) is 25.2 Å².